The van der Waals surface area contributed by atoms with Crippen LogP contribution in [0.25, 0.3) is 0 Å². The average Bonchev–Trinajstić information content (AvgIpc) is 2.83. The third-order valence-electron chi connectivity index (χ3n) is 4.89. The van der Waals surface area contributed by atoms with E-state index in [9.17, 15) is 4.79 Å². The third kappa shape index (κ3) is 3.93. The van der Waals surface area contributed by atoms with Gasteiger partial charge in [0.15, 0.2) is 0 Å². The van der Waals surface area contributed by atoms with E-state index < -0.39 is 0 Å². The molecule has 1 heterocycles. The Kier molecular flexibility index (Phi) is 5.22. The van der Waals surface area contributed by atoms with Crippen LogP contribution in [0.3, 0.4) is 0 Å². The van der Waals surface area contributed by atoms with Gasteiger partial charge in [-0.1, -0.05) is 0 Å². The molecule has 1 atom stereocenters. The molecule has 19 heavy (non-hydrogen) atoms. The lowest BCUT2D eigenvalue weighted by molar-refractivity contribution is -0.146. The Bertz CT molecular complexity index is 301. The predicted molar refractivity (Wildman–Crippen MR) is 76.0 cm³/mol. The van der Waals surface area contributed by atoms with Gasteiger partial charge in [-0.3, -0.25) is 4.79 Å². The molecule has 2 aliphatic rings. The van der Waals surface area contributed by atoms with Gasteiger partial charge in [-0.15, -0.1) is 0 Å². The summed E-state index contributed by atoms with van der Waals surface area (Å²) in [5, 5.41) is 0. The molecule has 0 radical (unpaired) electrons. The molecule has 2 fully saturated rings. The van der Waals surface area contributed by atoms with Crippen LogP contribution < -0.4 is 0 Å². The third-order valence-corrected chi connectivity index (χ3v) is 4.89. The van der Waals surface area contributed by atoms with Crippen LogP contribution in [0.2, 0.25) is 0 Å². The Hall–Kier alpha value is -0.610. The zero-order valence-electron chi connectivity index (χ0n) is 12.6. The second-order valence-corrected chi connectivity index (χ2v) is 6.39. The summed E-state index contributed by atoms with van der Waals surface area (Å²) in [7, 11) is 5.96. The van der Waals surface area contributed by atoms with Gasteiger partial charge in [0, 0.05) is 19.1 Å². The lowest BCUT2D eigenvalue weighted by atomic mass is 9.85. The van der Waals surface area contributed by atoms with Crippen LogP contribution in [0.5, 0.6) is 0 Å². The van der Waals surface area contributed by atoms with Crippen molar-refractivity contribution >= 4 is 5.97 Å². The number of carbonyl (C=O) groups is 1. The lowest BCUT2D eigenvalue weighted by Crippen LogP contribution is -2.39. The molecule has 110 valence electrons. The number of carbonyl (C=O) groups excluding carboxylic acids is 1. The molecule has 0 N–H and O–H groups in total. The van der Waals surface area contributed by atoms with Crippen molar-refractivity contribution in [1.29, 1.82) is 0 Å². The first kappa shape index (κ1) is 14.8. The Morgan fingerprint density at radius 2 is 1.95 bits per heavy atom. The van der Waals surface area contributed by atoms with Crippen LogP contribution in [0, 0.1) is 11.8 Å². The van der Waals surface area contributed by atoms with E-state index in [2.05, 4.69) is 23.9 Å². The molecule has 4 nitrogen and oxygen atoms in total. The molecule has 0 spiro atoms. The molecule has 2 rings (SSSR count). The van der Waals surface area contributed by atoms with E-state index in [1.807, 2.05) is 0 Å². The number of hydrogen-bond acceptors (Lipinski definition) is 4. The van der Waals surface area contributed by atoms with Crippen molar-refractivity contribution in [3.8, 4) is 0 Å². The standard InChI is InChI=1S/C15H28N2O2/c1-16-9-8-12(10-16)11-17(2)14-6-4-13(5-7-14)15(18)19-3/h12-14H,4-11H2,1-3H3. The second kappa shape index (κ2) is 6.71. The van der Waals surface area contributed by atoms with E-state index in [0.29, 0.717) is 6.04 Å². The van der Waals surface area contributed by atoms with Crippen molar-refractivity contribution in [2.75, 3.05) is 40.8 Å². The van der Waals surface area contributed by atoms with Gasteiger partial charge in [-0.25, -0.2) is 0 Å². The maximum absolute atomic E-state index is 11.5. The summed E-state index contributed by atoms with van der Waals surface area (Å²) >= 11 is 0. The SMILES string of the molecule is COC(=O)C1CCC(N(C)CC2CCN(C)C2)CC1. The van der Waals surface area contributed by atoms with Gasteiger partial charge < -0.3 is 14.5 Å². The van der Waals surface area contributed by atoms with Crippen molar-refractivity contribution in [3.05, 3.63) is 0 Å². The van der Waals surface area contributed by atoms with Crippen molar-refractivity contribution in [1.82, 2.24) is 9.80 Å². The van der Waals surface area contributed by atoms with Gasteiger partial charge in [0.25, 0.3) is 0 Å². The second-order valence-electron chi connectivity index (χ2n) is 6.39. The number of rotatable bonds is 4. The lowest BCUT2D eigenvalue weighted by Gasteiger charge is -2.35. The summed E-state index contributed by atoms with van der Waals surface area (Å²) in [4.78, 5) is 16.5. The Morgan fingerprint density at radius 3 is 2.47 bits per heavy atom. The van der Waals surface area contributed by atoms with Crippen LogP contribution in [-0.4, -0.2) is 62.7 Å². The maximum atomic E-state index is 11.5. The number of nitrogens with zero attached hydrogens (tertiary/aromatic N) is 2. The van der Waals surface area contributed by atoms with Crippen molar-refractivity contribution in [2.24, 2.45) is 11.8 Å². The summed E-state index contributed by atoms with van der Waals surface area (Å²) in [5.74, 6) is 0.958. The van der Waals surface area contributed by atoms with Gasteiger partial charge in [-0.05, 0) is 58.7 Å². The predicted octanol–water partition coefficient (Wildman–Crippen LogP) is 1.60. The summed E-state index contributed by atoms with van der Waals surface area (Å²) in [6.07, 6.45) is 5.59. The molecule has 1 saturated carbocycles. The van der Waals surface area contributed by atoms with E-state index in [1.54, 1.807) is 0 Å². The monoisotopic (exact) mass is 268 g/mol. The van der Waals surface area contributed by atoms with Gasteiger partial charge in [-0.2, -0.15) is 0 Å². The van der Waals surface area contributed by atoms with Crippen LogP contribution in [-0.2, 0) is 9.53 Å². The molecule has 0 bridgehead atoms. The first-order valence-electron chi connectivity index (χ1n) is 7.56. The molecule has 0 aromatic heterocycles. The summed E-state index contributed by atoms with van der Waals surface area (Å²) in [6, 6.07) is 0.659. The first-order valence-corrected chi connectivity index (χ1v) is 7.56. The fraction of sp³-hybridized carbons (Fsp3) is 0.933. The molecule has 4 heteroatoms. The molecule has 0 amide bonds. The molecule has 0 aromatic carbocycles. The molecule has 1 unspecified atom stereocenters. The highest BCUT2D eigenvalue weighted by molar-refractivity contribution is 5.72. The van der Waals surface area contributed by atoms with Crippen LogP contribution in [0.4, 0.5) is 0 Å². The first-order chi connectivity index (χ1) is 9.10. The van der Waals surface area contributed by atoms with Crippen molar-refractivity contribution in [2.45, 2.75) is 38.1 Å². The molecular formula is C15H28N2O2. The fourth-order valence-corrected chi connectivity index (χ4v) is 3.65. The highest BCUT2D eigenvalue weighted by atomic mass is 16.5. The number of methoxy groups -OCH3 is 1. The largest absolute Gasteiger partial charge is 0.469 e. The molecule has 0 aromatic rings. The molecule has 1 aliphatic heterocycles. The molecular weight excluding hydrogens is 240 g/mol. The van der Waals surface area contributed by atoms with Gasteiger partial charge in [0.1, 0.15) is 0 Å². The Morgan fingerprint density at radius 1 is 1.26 bits per heavy atom. The summed E-state index contributed by atoms with van der Waals surface area (Å²) in [5.41, 5.74) is 0. The van der Waals surface area contributed by atoms with E-state index in [-0.39, 0.29) is 11.9 Å². The van der Waals surface area contributed by atoms with Crippen LogP contribution in [0.1, 0.15) is 32.1 Å². The normalized spacial score (nSPS) is 32.7. The number of esters is 1. The smallest absolute Gasteiger partial charge is 0.308 e. The highest BCUT2D eigenvalue weighted by Gasteiger charge is 2.30. The Balaban J connectivity index is 1.73. The maximum Gasteiger partial charge on any atom is 0.308 e. The van der Waals surface area contributed by atoms with Crippen LogP contribution in [0.15, 0.2) is 0 Å². The minimum atomic E-state index is -0.0153. The Labute approximate surface area is 117 Å². The summed E-state index contributed by atoms with van der Waals surface area (Å²) in [6.45, 7) is 3.69. The van der Waals surface area contributed by atoms with Crippen molar-refractivity contribution in [3.63, 3.8) is 0 Å². The average molecular weight is 268 g/mol. The quantitative estimate of drug-likeness (QED) is 0.725. The van der Waals surface area contributed by atoms with E-state index in [0.717, 1.165) is 31.6 Å². The minimum absolute atomic E-state index is 0.0153. The van der Waals surface area contributed by atoms with E-state index in [1.165, 1.54) is 33.2 Å². The van der Waals surface area contributed by atoms with Gasteiger partial charge in [0.2, 0.25) is 0 Å². The number of ether oxygens (including phenoxy) is 1. The minimum Gasteiger partial charge on any atom is -0.469 e. The van der Waals surface area contributed by atoms with E-state index in [4.69, 9.17) is 4.74 Å². The van der Waals surface area contributed by atoms with Crippen LogP contribution >= 0.6 is 0 Å². The van der Waals surface area contributed by atoms with Crippen molar-refractivity contribution < 1.29 is 9.53 Å². The molecule has 1 saturated heterocycles. The zero-order chi connectivity index (χ0) is 13.8. The van der Waals surface area contributed by atoms with E-state index >= 15 is 0 Å². The number of hydrogen-bond donors (Lipinski definition) is 0. The molecule has 1 aliphatic carbocycles. The zero-order valence-corrected chi connectivity index (χ0v) is 12.6. The van der Waals surface area contributed by atoms with Gasteiger partial charge in [0.05, 0.1) is 13.0 Å². The number of likely N-dealkylation sites (tertiary alicyclic amines) is 1. The fourth-order valence-electron chi connectivity index (χ4n) is 3.65. The highest BCUT2D eigenvalue weighted by Crippen LogP contribution is 2.29. The van der Waals surface area contributed by atoms with Gasteiger partial charge >= 0.3 is 5.97 Å². The topological polar surface area (TPSA) is 32.8 Å². The summed E-state index contributed by atoms with van der Waals surface area (Å²) < 4.78 is 4.85.